The third kappa shape index (κ3) is 4.54. The van der Waals surface area contributed by atoms with Crippen LogP contribution in [0.2, 0.25) is 0 Å². The molecule has 1 heterocycles. The number of methoxy groups -OCH3 is 1. The van der Waals surface area contributed by atoms with Gasteiger partial charge in [0.2, 0.25) is 0 Å². The second kappa shape index (κ2) is 8.03. The Kier molecular flexibility index (Phi) is 7.04. The minimum atomic E-state index is 0.467. The minimum absolute atomic E-state index is 0.467. The van der Waals surface area contributed by atoms with Crippen LogP contribution < -0.4 is 5.73 Å². The van der Waals surface area contributed by atoms with Gasteiger partial charge in [-0.25, -0.2) is 0 Å². The van der Waals surface area contributed by atoms with Crippen LogP contribution in [0, 0.1) is 5.92 Å². The summed E-state index contributed by atoms with van der Waals surface area (Å²) in [5.74, 6) is 0.674. The summed E-state index contributed by atoms with van der Waals surface area (Å²) in [7, 11) is 1.75. The van der Waals surface area contributed by atoms with Crippen molar-refractivity contribution >= 4 is 0 Å². The highest BCUT2D eigenvalue weighted by Gasteiger charge is 2.29. The maximum Gasteiger partial charge on any atom is 0.0589 e. The maximum absolute atomic E-state index is 5.99. The number of nitrogens with two attached hydrogens (primary N) is 1. The quantitative estimate of drug-likeness (QED) is 0.728. The third-order valence-electron chi connectivity index (χ3n) is 3.69. The number of nitrogens with zero attached hydrogens (tertiary/aromatic N) is 1. The first-order chi connectivity index (χ1) is 8.20. The molecule has 1 aliphatic heterocycles. The van der Waals surface area contributed by atoms with Crippen LogP contribution in [0.4, 0.5) is 0 Å². The zero-order valence-corrected chi connectivity index (χ0v) is 11.5. The Morgan fingerprint density at radius 3 is 2.47 bits per heavy atom. The van der Waals surface area contributed by atoms with Crippen molar-refractivity contribution in [2.75, 3.05) is 40.0 Å². The van der Waals surface area contributed by atoms with Gasteiger partial charge >= 0.3 is 0 Å². The van der Waals surface area contributed by atoms with Crippen molar-refractivity contribution < 1.29 is 9.47 Å². The lowest BCUT2D eigenvalue weighted by molar-refractivity contribution is 0.0107. The zero-order chi connectivity index (χ0) is 12.7. The molecule has 1 unspecified atom stereocenters. The van der Waals surface area contributed by atoms with Crippen LogP contribution >= 0.6 is 0 Å². The molecule has 0 aromatic rings. The average Bonchev–Trinajstić information content (AvgIpc) is 2.35. The smallest absolute Gasteiger partial charge is 0.0589 e. The minimum Gasteiger partial charge on any atom is -0.383 e. The van der Waals surface area contributed by atoms with Crippen LogP contribution in [0.15, 0.2) is 0 Å². The van der Waals surface area contributed by atoms with Gasteiger partial charge in [-0.2, -0.15) is 0 Å². The van der Waals surface area contributed by atoms with Crippen molar-refractivity contribution in [3.63, 3.8) is 0 Å². The van der Waals surface area contributed by atoms with E-state index in [1.165, 1.54) is 0 Å². The Morgan fingerprint density at radius 1 is 1.35 bits per heavy atom. The first kappa shape index (κ1) is 14.9. The highest BCUT2D eigenvalue weighted by molar-refractivity contribution is 4.83. The Morgan fingerprint density at radius 2 is 2.00 bits per heavy atom. The molecule has 0 bridgehead atoms. The zero-order valence-electron chi connectivity index (χ0n) is 11.5. The second-order valence-corrected chi connectivity index (χ2v) is 5.08. The molecule has 4 heteroatoms. The van der Waals surface area contributed by atoms with Gasteiger partial charge in [0.15, 0.2) is 0 Å². The molecular formula is C13H28N2O2. The fraction of sp³-hybridized carbons (Fsp3) is 1.00. The van der Waals surface area contributed by atoms with Gasteiger partial charge in [0.25, 0.3) is 0 Å². The summed E-state index contributed by atoms with van der Waals surface area (Å²) in [6, 6.07) is 0.982. The van der Waals surface area contributed by atoms with Crippen molar-refractivity contribution in [1.82, 2.24) is 4.90 Å². The number of ether oxygens (including phenoxy) is 2. The van der Waals surface area contributed by atoms with E-state index in [2.05, 4.69) is 18.7 Å². The van der Waals surface area contributed by atoms with E-state index in [0.717, 1.165) is 45.8 Å². The lowest BCUT2D eigenvalue weighted by Gasteiger charge is -2.40. The number of hydrogen-bond acceptors (Lipinski definition) is 4. The topological polar surface area (TPSA) is 47.7 Å². The molecule has 102 valence electrons. The summed E-state index contributed by atoms with van der Waals surface area (Å²) in [6.07, 6.45) is 2.27. The van der Waals surface area contributed by atoms with E-state index < -0.39 is 0 Å². The van der Waals surface area contributed by atoms with E-state index in [1.54, 1.807) is 7.11 Å². The third-order valence-corrected chi connectivity index (χ3v) is 3.69. The van der Waals surface area contributed by atoms with Gasteiger partial charge in [-0.1, -0.05) is 0 Å². The predicted molar refractivity (Wildman–Crippen MR) is 70.1 cm³/mol. The standard InChI is InChI=1S/C13H28N2O2/c1-11(2)15(6-9-16-3)13(10-14)12-4-7-17-8-5-12/h11-13H,4-10,14H2,1-3H3. The van der Waals surface area contributed by atoms with Crippen molar-refractivity contribution in [3.05, 3.63) is 0 Å². The fourth-order valence-corrected chi connectivity index (χ4v) is 2.70. The van der Waals surface area contributed by atoms with Gasteiger partial charge in [0.05, 0.1) is 6.61 Å². The maximum atomic E-state index is 5.99. The summed E-state index contributed by atoms with van der Waals surface area (Å²) in [5, 5.41) is 0. The highest BCUT2D eigenvalue weighted by Crippen LogP contribution is 2.23. The SMILES string of the molecule is COCCN(C(C)C)C(CN)C1CCOCC1. The molecule has 0 aliphatic carbocycles. The molecule has 1 fully saturated rings. The summed E-state index contributed by atoms with van der Waals surface area (Å²) in [4.78, 5) is 2.49. The molecule has 0 saturated carbocycles. The van der Waals surface area contributed by atoms with Gasteiger partial charge in [-0.3, -0.25) is 4.90 Å². The van der Waals surface area contributed by atoms with Crippen LogP contribution in [0.5, 0.6) is 0 Å². The molecule has 1 saturated heterocycles. The second-order valence-electron chi connectivity index (χ2n) is 5.08. The molecule has 1 rings (SSSR count). The van der Waals surface area contributed by atoms with E-state index in [9.17, 15) is 0 Å². The van der Waals surface area contributed by atoms with E-state index in [0.29, 0.717) is 18.0 Å². The molecule has 0 amide bonds. The fourth-order valence-electron chi connectivity index (χ4n) is 2.70. The Balaban J connectivity index is 2.58. The molecule has 0 aromatic heterocycles. The van der Waals surface area contributed by atoms with Gasteiger partial charge in [-0.15, -0.1) is 0 Å². The molecule has 0 spiro atoms. The molecular weight excluding hydrogens is 216 g/mol. The van der Waals surface area contributed by atoms with Crippen LogP contribution in [-0.2, 0) is 9.47 Å². The summed E-state index contributed by atoms with van der Waals surface area (Å²) in [5.41, 5.74) is 5.99. The summed E-state index contributed by atoms with van der Waals surface area (Å²) in [6.45, 7) is 8.71. The molecule has 1 aliphatic rings. The first-order valence-corrected chi connectivity index (χ1v) is 6.73. The molecule has 1 atom stereocenters. The van der Waals surface area contributed by atoms with Gasteiger partial charge in [0.1, 0.15) is 0 Å². The molecule has 0 radical (unpaired) electrons. The number of rotatable bonds is 7. The molecule has 17 heavy (non-hydrogen) atoms. The monoisotopic (exact) mass is 244 g/mol. The van der Waals surface area contributed by atoms with Gasteiger partial charge in [-0.05, 0) is 32.6 Å². The summed E-state index contributed by atoms with van der Waals surface area (Å²) < 4.78 is 10.6. The van der Waals surface area contributed by atoms with E-state index in [4.69, 9.17) is 15.2 Å². The Bertz CT molecular complexity index is 194. The highest BCUT2D eigenvalue weighted by atomic mass is 16.5. The van der Waals surface area contributed by atoms with Crippen LogP contribution in [0.1, 0.15) is 26.7 Å². The van der Waals surface area contributed by atoms with Gasteiger partial charge in [0, 0.05) is 45.5 Å². The normalized spacial score (nSPS) is 20.1. The predicted octanol–water partition coefficient (Wildman–Crippen LogP) is 1.10. The average molecular weight is 244 g/mol. The first-order valence-electron chi connectivity index (χ1n) is 6.73. The Hall–Kier alpha value is -0.160. The number of hydrogen-bond donors (Lipinski definition) is 1. The molecule has 2 N–H and O–H groups in total. The van der Waals surface area contributed by atoms with Crippen LogP contribution in [0.25, 0.3) is 0 Å². The van der Waals surface area contributed by atoms with Crippen molar-refractivity contribution in [2.24, 2.45) is 11.7 Å². The van der Waals surface area contributed by atoms with Crippen LogP contribution in [0.3, 0.4) is 0 Å². The lowest BCUT2D eigenvalue weighted by Crippen LogP contribution is -2.51. The van der Waals surface area contributed by atoms with Crippen molar-refractivity contribution in [1.29, 1.82) is 0 Å². The Labute approximate surface area is 105 Å². The van der Waals surface area contributed by atoms with E-state index >= 15 is 0 Å². The van der Waals surface area contributed by atoms with E-state index in [1.807, 2.05) is 0 Å². The van der Waals surface area contributed by atoms with Crippen LogP contribution in [-0.4, -0.2) is 57.0 Å². The van der Waals surface area contributed by atoms with Crippen molar-refractivity contribution in [3.8, 4) is 0 Å². The van der Waals surface area contributed by atoms with E-state index in [-0.39, 0.29) is 0 Å². The largest absolute Gasteiger partial charge is 0.383 e. The molecule has 4 nitrogen and oxygen atoms in total. The molecule has 0 aromatic carbocycles. The van der Waals surface area contributed by atoms with Gasteiger partial charge < -0.3 is 15.2 Å². The van der Waals surface area contributed by atoms with Crippen molar-refractivity contribution in [2.45, 2.75) is 38.8 Å². The summed E-state index contributed by atoms with van der Waals surface area (Å²) >= 11 is 0. The lowest BCUT2D eigenvalue weighted by atomic mass is 9.90.